The van der Waals surface area contributed by atoms with Crippen LogP contribution >= 0.6 is 38.4 Å². The molecule has 0 atom stereocenters. The van der Waals surface area contributed by atoms with Crippen molar-refractivity contribution < 1.29 is 28.7 Å². The highest BCUT2D eigenvalue weighted by atomic mass is 35.5. The maximum absolute atomic E-state index is 11.3. The molecule has 0 aromatic carbocycles. The Balaban J connectivity index is 2.53. The van der Waals surface area contributed by atoms with E-state index in [-0.39, 0.29) is 21.6 Å². The molecule has 10 nitrogen and oxygen atoms in total. The lowest BCUT2D eigenvalue weighted by Crippen LogP contribution is -2.17. The molecule has 0 fully saturated rings. The van der Waals surface area contributed by atoms with Crippen LogP contribution < -0.4 is 0 Å². The van der Waals surface area contributed by atoms with E-state index in [9.17, 15) is 9.13 Å². The zero-order valence-corrected chi connectivity index (χ0v) is 13.2. The number of fused-ring (bicyclic) bond motifs is 1. The second kappa shape index (κ2) is 5.57. The minimum absolute atomic E-state index is 0.0372. The molecule has 0 aliphatic heterocycles. The van der Waals surface area contributed by atoms with Gasteiger partial charge in [-0.3, -0.25) is 9.13 Å². The summed E-state index contributed by atoms with van der Waals surface area (Å²) in [6.07, 6.45) is 1.08. The maximum Gasteiger partial charge on any atom is 0.342 e. The Kier molecular flexibility index (Phi) is 4.45. The van der Waals surface area contributed by atoms with Crippen LogP contribution in [0.3, 0.4) is 0 Å². The molecule has 0 amide bonds. The third-order valence-corrected chi connectivity index (χ3v) is 6.66. The molecular weight excluding hydrogens is 369 g/mol. The Hall–Kier alpha value is -0.570. The van der Waals surface area contributed by atoms with Gasteiger partial charge in [0.15, 0.2) is 16.2 Å². The molecule has 4 N–H and O–H groups in total. The zero-order valence-electron chi connectivity index (χ0n) is 9.91. The number of nitrogens with zero attached hydrogens (tertiary/aromatic N) is 4. The summed E-state index contributed by atoms with van der Waals surface area (Å²) >= 11 is 11.4. The van der Waals surface area contributed by atoms with E-state index in [0.717, 1.165) is 10.9 Å². The van der Waals surface area contributed by atoms with E-state index in [1.807, 2.05) is 0 Å². The van der Waals surface area contributed by atoms with Crippen molar-refractivity contribution in [2.24, 2.45) is 0 Å². The van der Waals surface area contributed by atoms with Crippen molar-refractivity contribution in [2.45, 2.75) is 11.9 Å². The summed E-state index contributed by atoms with van der Waals surface area (Å²) in [5, 5.41) is -2.56. The van der Waals surface area contributed by atoms with E-state index in [2.05, 4.69) is 15.0 Å². The number of hydrogen-bond acceptors (Lipinski definition) is 5. The van der Waals surface area contributed by atoms with Crippen LogP contribution in [0.4, 0.5) is 0 Å². The van der Waals surface area contributed by atoms with Gasteiger partial charge in [0, 0.05) is 0 Å². The SMILES string of the molecule is O=P(O)(O)C(Cn1cnc2nc(Cl)nc(Cl)c21)P(=O)(O)O. The lowest BCUT2D eigenvalue weighted by atomic mass is 10.5. The fourth-order valence-corrected chi connectivity index (χ4v) is 4.46. The van der Waals surface area contributed by atoms with Gasteiger partial charge in [-0.15, -0.1) is 0 Å². The number of halogens is 2. The Labute approximate surface area is 127 Å². The van der Waals surface area contributed by atoms with Gasteiger partial charge in [0.2, 0.25) is 5.28 Å². The highest BCUT2D eigenvalue weighted by Gasteiger charge is 2.43. The first-order valence-corrected chi connectivity index (χ1v) is 9.26. The smallest absolute Gasteiger partial charge is 0.325 e. The summed E-state index contributed by atoms with van der Waals surface area (Å²) in [5.41, 5.74) is 0.100. The number of hydrogen-bond donors (Lipinski definition) is 4. The summed E-state index contributed by atoms with van der Waals surface area (Å²) < 4.78 is 23.6. The number of imidazole rings is 1. The van der Waals surface area contributed by atoms with Crippen LogP contribution in [0.2, 0.25) is 10.4 Å². The first-order valence-electron chi connectivity index (χ1n) is 5.14. The summed E-state index contributed by atoms with van der Waals surface area (Å²) in [6, 6.07) is 0. The van der Waals surface area contributed by atoms with Crippen molar-refractivity contribution in [3.63, 3.8) is 0 Å². The first kappa shape index (κ1) is 16.8. The topological polar surface area (TPSA) is 159 Å². The zero-order chi connectivity index (χ0) is 16.0. The van der Waals surface area contributed by atoms with Gasteiger partial charge in [-0.25, -0.2) is 9.97 Å². The van der Waals surface area contributed by atoms with E-state index >= 15 is 0 Å². The molecule has 2 aromatic rings. The average Bonchev–Trinajstić information content (AvgIpc) is 2.65. The number of aromatic nitrogens is 4. The van der Waals surface area contributed by atoms with Gasteiger partial charge >= 0.3 is 15.2 Å². The molecule has 14 heteroatoms. The van der Waals surface area contributed by atoms with Gasteiger partial charge in [0.25, 0.3) is 0 Å². The molecular formula is C7H8Cl2N4O6P2. The van der Waals surface area contributed by atoms with Gasteiger partial charge in [0.1, 0.15) is 5.52 Å². The molecule has 2 aromatic heterocycles. The van der Waals surface area contributed by atoms with E-state index in [0.29, 0.717) is 0 Å². The molecule has 0 bridgehead atoms. The molecule has 2 rings (SSSR count). The van der Waals surface area contributed by atoms with Gasteiger partial charge in [-0.2, -0.15) is 4.98 Å². The molecule has 0 aliphatic rings. The van der Waals surface area contributed by atoms with E-state index in [1.165, 1.54) is 0 Å². The second-order valence-electron chi connectivity index (χ2n) is 4.01. The molecule has 0 radical (unpaired) electrons. The Morgan fingerprint density at radius 3 is 2.24 bits per heavy atom. The molecule has 0 unspecified atom stereocenters. The Morgan fingerprint density at radius 1 is 1.14 bits per heavy atom. The predicted molar refractivity (Wildman–Crippen MR) is 73.2 cm³/mol. The van der Waals surface area contributed by atoms with Crippen LogP contribution in [-0.4, -0.2) is 44.5 Å². The number of rotatable bonds is 4. The predicted octanol–water partition coefficient (Wildman–Crippen LogP) is 0.815. The average molecular weight is 377 g/mol. The third kappa shape index (κ3) is 3.61. The standard InChI is InChI=1S/C7H8Cl2N4O6P2/c8-5-4-6(12-7(9)11-5)10-2-13(4)1-3(20(14,15)16)21(17,18)19/h2-3H,1H2,(H2,14,15,16)(H2,17,18,19). The highest BCUT2D eigenvalue weighted by molar-refractivity contribution is 7.70. The van der Waals surface area contributed by atoms with E-state index in [4.69, 9.17) is 42.8 Å². The molecule has 0 saturated heterocycles. The minimum atomic E-state index is -5.06. The molecule has 116 valence electrons. The van der Waals surface area contributed by atoms with Gasteiger partial charge in [0.05, 0.1) is 12.9 Å². The lowest BCUT2D eigenvalue weighted by molar-refractivity contribution is 0.332. The van der Waals surface area contributed by atoms with Crippen LogP contribution in [0.1, 0.15) is 0 Å². The van der Waals surface area contributed by atoms with Crippen molar-refractivity contribution in [2.75, 3.05) is 0 Å². The fourth-order valence-electron chi connectivity index (χ4n) is 1.63. The quantitative estimate of drug-likeness (QED) is 0.344. The minimum Gasteiger partial charge on any atom is -0.325 e. The van der Waals surface area contributed by atoms with Crippen molar-refractivity contribution in [1.82, 2.24) is 19.5 Å². The van der Waals surface area contributed by atoms with Crippen LogP contribution in [0.5, 0.6) is 0 Å². The van der Waals surface area contributed by atoms with Crippen molar-refractivity contribution in [1.29, 1.82) is 0 Å². The monoisotopic (exact) mass is 376 g/mol. The Bertz CT molecular complexity index is 763. The first-order chi connectivity index (χ1) is 9.50. The highest BCUT2D eigenvalue weighted by Crippen LogP contribution is 2.60. The van der Waals surface area contributed by atoms with Crippen molar-refractivity contribution >= 4 is 49.6 Å². The normalized spacial score (nSPS) is 13.3. The fraction of sp³-hybridized carbons (Fsp3) is 0.286. The van der Waals surface area contributed by atoms with E-state index < -0.39 is 27.1 Å². The van der Waals surface area contributed by atoms with Gasteiger partial charge < -0.3 is 24.1 Å². The lowest BCUT2D eigenvalue weighted by Gasteiger charge is -2.20. The summed E-state index contributed by atoms with van der Waals surface area (Å²) in [7, 11) is -10.1. The molecule has 0 saturated carbocycles. The molecule has 21 heavy (non-hydrogen) atoms. The van der Waals surface area contributed by atoms with Gasteiger partial charge in [-0.1, -0.05) is 11.6 Å². The third-order valence-electron chi connectivity index (χ3n) is 2.54. The van der Waals surface area contributed by atoms with E-state index in [1.54, 1.807) is 0 Å². The second-order valence-corrected chi connectivity index (χ2v) is 8.72. The molecule has 0 aliphatic carbocycles. The summed E-state index contributed by atoms with van der Waals surface area (Å²) in [5.74, 6) is 0. The largest absolute Gasteiger partial charge is 0.342 e. The summed E-state index contributed by atoms with van der Waals surface area (Å²) in [4.78, 5) is 47.6. The van der Waals surface area contributed by atoms with Crippen LogP contribution in [0.15, 0.2) is 6.33 Å². The maximum atomic E-state index is 11.3. The summed E-state index contributed by atoms with van der Waals surface area (Å²) in [6.45, 7) is -0.713. The van der Waals surface area contributed by atoms with Crippen LogP contribution in [0, 0.1) is 0 Å². The molecule has 2 heterocycles. The Morgan fingerprint density at radius 2 is 1.71 bits per heavy atom. The van der Waals surface area contributed by atoms with Crippen LogP contribution in [-0.2, 0) is 15.7 Å². The van der Waals surface area contributed by atoms with Crippen molar-refractivity contribution in [3.05, 3.63) is 16.8 Å². The van der Waals surface area contributed by atoms with Crippen molar-refractivity contribution in [3.8, 4) is 0 Å². The van der Waals surface area contributed by atoms with Gasteiger partial charge in [-0.05, 0) is 11.6 Å². The molecule has 0 spiro atoms. The van der Waals surface area contributed by atoms with Crippen LogP contribution in [0.25, 0.3) is 11.2 Å².